The lowest BCUT2D eigenvalue weighted by Crippen LogP contribution is -2.48. The largest absolute Gasteiger partial charge is 0.479 e. The molecule has 120 valence electrons. The van der Waals surface area contributed by atoms with E-state index in [0.717, 1.165) is 5.56 Å². The Kier molecular flexibility index (Phi) is 4.33. The smallest absolute Gasteiger partial charge is 0.334 e. The zero-order valence-corrected chi connectivity index (χ0v) is 12.3. The number of ether oxygens (including phenoxy) is 1. The number of morpholine rings is 1. The SMILES string of the molecule is O=C(O)C1CN(C(=O)c2ccccc2Cn2cncn2)CCO1. The van der Waals surface area contributed by atoms with Crippen LogP contribution < -0.4 is 0 Å². The summed E-state index contributed by atoms with van der Waals surface area (Å²) in [6, 6.07) is 7.22. The lowest BCUT2D eigenvalue weighted by Gasteiger charge is -2.31. The number of hydrogen-bond acceptors (Lipinski definition) is 5. The molecule has 8 heteroatoms. The molecule has 0 aliphatic carbocycles. The van der Waals surface area contributed by atoms with Crippen molar-refractivity contribution in [1.29, 1.82) is 0 Å². The van der Waals surface area contributed by atoms with Crippen molar-refractivity contribution in [3.8, 4) is 0 Å². The Bertz CT molecular complexity index is 701. The third kappa shape index (κ3) is 3.37. The topological polar surface area (TPSA) is 97.6 Å². The van der Waals surface area contributed by atoms with Gasteiger partial charge < -0.3 is 14.7 Å². The van der Waals surface area contributed by atoms with Gasteiger partial charge in [-0.2, -0.15) is 5.10 Å². The van der Waals surface area contributed by atoms with Gasteiger partial charge in [0.1, 0.15) is 12.7 Å². The number of hydrogen-bond donors (Lipinski definition) is 1. The Morgan fingerprint density at radius 3 is 2.91 bits per heavy atom. The van der Waals surface area contributed by atoms with Gasteiger partial charge in [-0.3, -0.25) is 4.79 Å². The second-order valence-corrected chi connectivity index (χ2v) is 5.20. The molecule has 1 saturated heterocycles. The molecule has 0 bridgehead atoms. The normalized spacial score (nSPS) is 17.9. The van der Waals surface area contributed by atoms with Crippen molar-refractivity contribution in [3.63, 3.8) is 0 Å². The Morgan fingerprint density at radius 1 is 1.35 bits per heavy atom. The molecule has 1 N–H and O–H groups in total. The average molecular weight is 316 g/mol. The van der Waals surface area contributed by atoms with Crippen molar-refractivity contribution in [2.24, 2.45) is 0 Å². The number of benzene rings is 1. The highest BCUT2D eigenvalue weighted by Crippen LogP contribution is 2.16. The fourth-order valence-electron chi connectivity index (χ4n) is 2.51. The van der Waals surface area contributed by atoms with Crippen LogP contribution in [0.15, 0.2) is 36.9 Å². The number of rotatable bonds is 4. The lowest BCUT2D eigenvalue weighted by molar-refractivity contribution is -0.154. The molecule has 1 aromatic carbocycles. The van der Waals surface area contributed by atoms with Gasteiger partial charge in [0.15, 0.2) is 6.10 Å². The number of nitrogens with zero attached hydrogens (tertiary/aromatic N) is 4. The van der Waals surface area contributed by atoms with Crippen LogP contribution in [0.1, 0.15) is 15.9 Å². The molecular weight excluding hydrogens is 300 g/mol. The fraction of sp³-hybridized carbons (Fsp3) is 0.333. The Hall–Kier alpha value is -2.74. The number of aromatic nitrogens is 3. The van der Waals surface area contributed by atoms with Crippen molar-refractivity contribution < 1.29 is 19.4 Å². The molecule has 1 atom stereocenters. The zero-order valence-electron chi connectivity index (χ0n) is 12.3. The third-order valence-corrected chi connectivity index (χ3v) is 3.68. The van der Waals surface area contributed by atoms with Gasteiger partial charge >= 0.3 is 5.97 Å². The zero-order chi connectivity index (χ0) is 16.2. The quantitative estimate of drug-likeness (QED) is 0.868. The van der Waals surface area contributed by atoms with E-state index in [4.69, 9.17) is 9.84 Å². The molecule has 2 heterocycles. The summed E-state index contributed by atoms with van der Waals surface area (Å²) in [5.41, 5.74) is 1.34. The Labute approximate surface area is 132 Å². The summed E-state index contributed by atoms with van der Waals surface area (Å²) < 4.78 is 6.79. The second kappa shape index (κ2) is 6.57. The van der Waals surface area contributed by atoms with Gasteiger partial charge in [0, 0.05) is 12.1 Å². The van der Waals surface area contributed by atoms with Crippen LogP contribution in [0.4, 0.5) is 0 Å². The number of amides is 1. The predicted molar refractivity (Wildman–Crippen MR) is 78.8 cm³/mol. The standard InChI is InChI=1S/C15H16N4O4/c20-14(18-5-6-23-13(8-18)15(21)22)12-4-2-1-3-11(12)7-19-10-16-9-17-19/h1-4,9-10,13H,5-8H2,(H,21,22). The first-order valence-electron chi connectivity index (χ1n) is 7.19. The molecule has 1 amide bonds. The van der Waals surface area contributed by atoms with Gasteiger partial charge in [-0.25, -0.2) is 14.5 Å². The van der Waals surface area contributed by atoms with E-state index in [1.807, 2.05) is 12.1 Å². The minimum Gasteiger partial charge on any atom is -0.479 e. The number of carboxylic acids is 1. The monoisotopic (exact) mass is 316 g/mol. The molecule has 0 spiro atoms. The van der Waals surface area contributed by atoms with Gasteiger partial charge in [-0.05, 0) is 11.6 Å². The van der Waals surface area contributed by atoms with Crippen molar-refractivity contribution in [2.45, 2.75) is 12.6 Å². The summed E-state index contributed by atoms with van der Waals surface area (Å²) in [5.74, 6) is -1.26. The summed E-state index contributed by atoms with van der Waals surface area (Å²) in [6.45, 7) is 1.06. The van der Waals surface area contributed by atoms with Crippen LogP contribution >= 0.6 is 0 Å². The van der Waals surface area contributed by atoms with Crippen LogP contribution in [0, 0.1) is 0 Å². The Balaban J connectivity index is 1.80. The molecule has 1 unspecified atom stereocenters. The van der Waals surface area contributed by atoms with Gasteiger partial charge in [-0.1, -0.05) is 18.2 Å². The minimum absolute atomic E-state index is 0.0474. The van der Waals surface area contributed by atoms with E-state index in [-0.39, 0.29) is 19.1 Å². The van der Waals surface area contributed by atoms with Gasteiger partial charge in [0.2, 0.25) is 0 Å². The second-order valence-electron chi connectivity index (χ2n) is 5.20. The molecule has 1 fully saturated rings. The Morgan fingerprint density at radius 2 is 2.17 bits per heavy atom. The van der Waals surface area contributed by atoms with E-state index < -0.39 is 12.1 Å². The summed E-state index contributed by atoms with van der Waals surface area (Å²) in [5, 5.41) is 13.1. The number of carbonyl (C=O) groups excluding carboxylic acids is 1. The van der Waals surface area contributed by atoms with Crippen LogP contribution in [0.2, 0.25) is 0 Å². The van der Waals surface area contributed by atoms with E-state index in [0.29, 0.717) is 18.7 Å². The molecule has 23 heavy (non-hydrogen) atoms. The van der Waals surface area contributed by atoms with Crippen molar-refractivity contribution in [1.82, 2.24) is 19.7 Å². The minimum atomic E-state index is -1.06. The molecule has 8 nitrogen and oxygen atoms in total. The van der Waals surface area contributed by atoms with Crippen LogP contribution in [-0.2, 0) is 16.1 Å². The van der Waals surface area contributed by atoms with Crippen LogP contribution in [0.3, 0.4) is 0 Å². The number of carbonyl (C=O) groups is 2. The predicted octanol–water partition coefficient (Wildman–Crippen LogP) is 0.252. The maximum atomic E-state index is 12.7. The highest BCUT2D eigenvalue weighted by Gasteiger charge is 2.30. The summed E-state index contributed by atoms with van der Waals surface area (Å²) in [7, 11) is 0. The van der Waals surface area contributed by atoms with Crippen LogP contribution in [0.5, 0.6) is 0 Å². The molecule has 1 aromatic heterocycles. The highest BCUT2D eigenvalue weighted by atomic mass is 16.5. The first-order valence-corrected chi connectivity index (χ1v) is 7.19. The van der Waals surface area contributed by atoms with Crippen LogP contribution in [0.25, 0.3) is 0 Å². The van der Waals surface area contributed by atoms with Gasteiger partial charge in [-0.15, -0.1) is 0 Å². The summed E-state index contributed by atoms with van der Waals surface area (Å²) in [6.07, 6.45) is 2.04. The van der Waals surface area contributed by atoms with E-state index >= 15 is 0 Å². The maximum Gasteiger partial charge on any atom is 0.334 e. The first-order chi connectivity index (χ1) is 11.1. The van der Waals surface area contributed by atoms with Crippen molar-refractivity contribution in [3.05, 3.63) is 48.0 Å². The molecule has 0 radical (unpaired) electrons. The third-order valence-electron chi connectivity index (χ3n) is 3.68. The maximum absolute atomic E-state index is 12.7. The van der Waals surface area contributed by atoms with Crippen LogP contribution in [-0.4, -0.2) is 62.4 Å². The molecule has 0 saturated carbocycles. The first kappa shape index (κ1) is 15.2. The molecule has 2 aromatic rings. The van der Waals surface area contributed by atoms with E-state index in [9.17, 15) is 9.59 Å². The molecule has 1 aliphatic rings. The number of carboxylic acid groups (broad SMARTS) is 1. The van der Waals surface area contributed by atoms with E-state index in [1.165, 1.54) is 11.2 Å². The number of aliphatic carboxylic acids is 1. The van der Waals surface area contributed by atoms with Gasteiger partial charge in [0.05, 0.1) is 19.7 Å². The summed E-state index contributed by atoms with van der Waals surface area (Å²) >= 11 is 0. The van der Waals surface area contributed by atoms with Gasteiger partial charge in [0.25, 0.3) is 5.91 Å². The molecule has 1 aliphatic heterocycles. The van der Waals surface area contributed by atoms with Crippen molar-refractivity contribution in [2.75, 3.05) is 19.7 Å². The van der Waals surface area contributed by atoms with Crippen molar-refractivity contribution >= 4 is 11.9 Å². The van der Waals surface area contributed by atoms with E-state index in [1.54, 1.807) is 23.1 Å². The highest BCUT2D eigenvalue weighted by molar-refractivity contribution is 5.96. The molecule has 3 rings (SSSR count). The summed E-state index contributed by atoms with van der Waals surface area (Å²) in [4.78, 5) is 29.2. The van der Waals surface area contributed by atoms with E-state index in [2.05, 4.69) is 10.1 Å². The average Bonchev–Trinajstić information content (AvgIpc) is 3.08. The lowest BCUT2D eigenvalue weighted by atomic mass is 10.1. The fourth-order valence-corrected chi connectivity index (χ4v) is 2.51. The molecular formula is C15H16N4O4.